The van der Waals surface area contributed by atoms with Gasteiger partial charge in [-0.25, -0.2) is 4.98 Å². The molecular formula is C18H21N3O. The summed E-state index contributed by atoms with van der Waals surface area (Å²) in [6.45, 7) is 5.28. The van der Waals surface area contributed by atoms with Gasteiger partial charge in [-0.2, -0.15) is 0 Å². The predicted octanol–water partition coefficient (Wildman–Crippen LogP) is 3.06. The summed E-state index contributed by atoms with van der Waals surface area (Å²) < 4.78 is 8.01. The average Bonchev–Trinajstić information content (AvgIpc) is 2.90. The minimum Gasteiger partial charge on any atom is -0.491 e. The maximum absolute atomic E-state index is 6.23. The van der Waals surface area contributed by atoms with E-state index in [9.17, 15) is 0 Å². The maximum atomic E-state index is 6.23. The molecule has 114 valence electrons. The highest BCUT2D eigenvalue weighted by Crippen LogP contribution is 2.22. The first-order valence-electron chi connectivity index (χ1n) is 7.49. The zero-order chi connectivity index (χ0) is 15.5. The van der Waals surface area contributed by atoms with Crippen molar-refractivity contribution in [2.45, 2.75) is 26.4 Å². The first kappa shape index (κ1) is 14.6. The monoisotopic (exact) mass is 295 g/mol. The van der Waals surface area contributed by atoms with E-state index in [0.717, 1.165) is 27.9 Å². The fourth-order valence-electron chi connectivity index (χ4n) is 2.68. The standard InChI is InChI=1S/C18H21N3O/c1-13-6-5-7-14(2)18(13)22-11-15(19)10-21-12-20-16-8-3-4-9-17(16)21/h3-9,12,15H,10-11,19H2,1-2H3. The number of para-hydroxylation sites is 3. The van der Waals surface area contributed by atoms with Gasteiger partial charge < -0.3 is 15.0 Å². The number of rotatable bonds is 5. The number of hydrogen-bond acceptors (Lipinski definition) is 3. The zero-order valence-corrected chi connectivity index (χ0v) is 13.0. The van der Waals surface area contributed by atoms with Crippen LogP contribution >= 0.6 is 0 Å². The van der Waals surface area contributed by atoms with E-state index < -0.39 is 0 Å². The van der Waals surface area contributed by atoms with E-state index in [-0.39, 0.29) is 6.04 Å². The third kappa shape index (κ3) is 2.97. The number of benzene rings is 2. The minimum absolute atomic E-state index is 0.0865. The first-order chi connectivity index (χ1) is 10.6. The summed E-state index contributed by atoms with van der Waals surface area (Å²) in [4.78, 5) is 4.38. The van der Waals surface area contributed by atoms with Crippen molar-refractivity contribution in [1.82, 2.24) is 9.55 Å². The molecule has 0 aliphatic heterocycles. The highest BCUT2D eigenvalue weighted by atomic mass is 16.5. The van der Waals surface area contributed by atoms with Crippen molar-refractivity contribution < 1.29 is 4.74 Å². The topological polar surface area (TPSA) is 53.1 Å². The van der Waals surface area contributed by atoms with E-state index in [1.165, 1.54) is 0 Å². The van der Waals surface area contributed by atoms with E-state index >= 15 is 0 Å². The number of aryl methyl sites for hydroxylation is 2. The summed E-state index contributed by atoms with van der Waals surface area (Å²) in [6.07, 6.45) is 1.84. The van der Waals surface area contributed by atoms with Gasteiger partial charge in [0.05, 0.1) is 23.4 Å². The summed E-state index contributed by atoms with van der Waals surface area (Å²) in [7, 11) is 0. The van der Waals surface area contributed by atoms with Crippen LogP contribution in [0.15, 0.2) is 48.8 Å². The Morgan fingerprint density at radius 1 is 1.09 bits per heavy atom. The van der Waals surface area contributed by atoms with Crippen LogP contribution in [0.4, 0.5) is 0 Å². The van der Waals surface area contributed by atoms with Gasteiger partial charge in [0, 0.05) is 6.54 Å². The maximum Gasteiger partial charge on any atom is 0.125 e. The van der Waals surface area contributed by atoms with Gasteiger partial charge in [-0.1, -0.05) is 30.3 Å². The molecule has 4 nitrogen and oxygen atoms in total. The molecule has 0 aliphatic rings. The molecule has 4 heteroatoms. The molecular weight excluding hydrogens is 274 g/mol. The smallest absolute Gasteiger partial charge is 0.125 e. The third-order valence-corrected chi connectivity index (χ3v) is 3.81. The second-order valence-corrected chi connectivity index (χ2v) is 5.68. The SMILES string of the molecule is Cc1cccc(C)c1OCC(N)Cn1cnc2ccccc21. The van der Waals surface area contributed by atoms with Crippen molar-refractivity contribution >= 4 is 11.0 Å². The Balaban J connectivity index is 1.67. The lowest BCUT2D eigenvalue weighted by Crippen LogP contribution is -2.32. The number of aromatic nitrogens is 2. The van der Waals surface area contributed by atoms with Gasteiger partial charge in [0.25, 0.3) is 0 Å². The van der Waals surface area contributed by atoms with Crippen LogP contribution < -0.4 is 10.5 Å². The highest BCUT2D eigenvalue weighted by Gasteiger charge is 2.10. The molecule has 1 heterocycles. The molecule has 3 rings (SSSR count). The third-order valence-electron chi connectivity index (χ3n) is 3.81. The van der Waals surface area contributed by atoms with E-state index in [1.807, 2.05) is 30.6 Å². The largest absolute Gasteiger partial charge is 0.491 e. The molecule has 0 radical (unpaired) electrons. The zero-order valence-electron chi connectivity index (χ0n) is 13.0. The summed E-state index contributed by atoms with van der Waals surface area (Å²) in [5.41, 5.74) is 10.6. The van der Waals surface area contributed by atoms with Crippen LogP contribution in [0.2, 0.25) is 0 Å². The molecule has 22 heavy (non-hydrogen) atoms. The normalized spacial score (nSPS) is 12.5. The van der Waals surface area contributed by atoms with Crippen LogP contribution in [0.3, 0.4) is 0 Å². The Morgan fingerprint density at radius 3 is 2.59 bits per heavy atom. The number of nitrogens with zero attached hydrogens (tertiary/aromatic N) is 2. The van der Waals surface area contributed by atoms with Crippen molar-refractivity contribution in [2.24, 2.45) is 5.73 Å². The lowest BCUT2D eigenvalue weighted by molar-refractivity contribution is 0.273. The number of imidazole rings is 1. The van der Waals surface area contributed by atoms with Gasteiger partial charge in [0.1, 0.15) is 12.4 Å². The molecule has 0 amide bonds. The molecule has 2 N–H and O–H groups in total. The van der Waals surface area contributed by atoms with Crippen LogP contribution in [-0.4, -0.2) is 22.2 Å². The van der Waals surface area contributed by atoms with Crippen LogP contribution in [0, 0.1) is 13.8 Å². The van der Waals surface area contributed by atoms with Gasteiger partial charge in [-0.05, 0) is 37.1 Å². The van der Waals surface area contributed by atoms with Gasteiger partial charge >= 0.3 is 0 Å². The molecule has 3 aromatic rings. The van der Waals surface area contributed by atoms with E-state index in [0.29, 0.717) is 13.2 Å². The van der Waals surface area contributed by atoms with Crippen LogP contribution in [-0.2, 0) is 6.54 Å². The molecule has 0 saturated heterocycles. The summed E-state index contributed by atoms with van der Waals surface area (Å²) in [5, 5.41) is 0. The molecule has 1 aromatic heterocycles. The molecule has 1 atom stereocenters. The van der Waals surface area contributed by atoms with Gasteiger partial charge in [0.2, 0.25) is 0 Å². The molecule has 0 fully saturated rings. The number of hydrogen-bond donors (Lipinski definition) is 1. The molecule has 0 spiro atoms. The molecule has 0 bridgehead atoms. The predicted molar refractivity (Wildman–Crippen MR) is 89.1 cm³/mol. The lowest BCUT2D eigenvalue weighted by atomic mass is 10.1. The Bertz CT molecular complexity index is 759. The van der Waals surface area contributed by atoms with Crippen LogP contribution in [0.25, 0.3) is 11.0 Å². The van der Waals surface area contributed by atoms with Gasteiger partial charge in [0.15, 0.2) is 0 Å². The van der Waals surface area contributed by atoms with Gasteiger partial charge in [-0.15, -0.1) is 0 Å². The van der Waals surface area contributed by atoms with Gasteiger partial charge in [-0.3, -0.25) is 0 Å². The van der Waals surface area contributed by atoms with E-state index in [2.05, 4.69) is 41.6 Å². The van der Waals surface area contributed by atoms with Crippen molar-refractivity contribution in [3.05, 3.63) is 59.9 Å². The van der Waals surface area contributed by atoms with Crippen molar-refractivity contribution in [3.63, 3.8) is 0 Å². The number of fused-ring (bicyclic) bond motifs is 1. The van der Waals surface area contributed by atoms with Crippen molar-refractivity contribution in [3.8, 4) is 5.75 Å². The Morgan fingerprint density at radius 2 is 1.82 bits per heavy atom. The highest BCUT2D eigenvalue weighted by molar-refractivity contribution is 5.74. The van der Waals surface area contributed by atoms with Crippen LogP contribution in [0.1, 0.15) is 11.1 Å². The number of ether oxygens (including phenoxy) is 1. The molecule has 0 saturated carbocycles. The molecule has 0 aliphatic carbocycles. The summed E-state index contributed by atoms with van der Waals surface area (Å²) in [5.74, 6) is 0.938. The van der Waals surface area contributed by atoms with Crippen LogP contribution in [0.5, 0.6) is 5.75 Å². The summed E-state index contributed by atoms with van der Waals surface area (Å²) >= 11 is 0. The Hall–Kier alpha value is -2.33. The second-order valence-electron chi connectivity index (χ2n) is 5.68. The molecule has 1 unspecified atom stereocenters. The summed E-state index contributed by atoms with van der Waals surface area (Å²) in [6, 6.07) is 14.1. The molecule has 2 aromatic carbocycles. The minimum atomic E-state index is -0.0865. The first-order valence-corrected chi connectivity index (χ1v) is 7.49. The van der Waals surface area contributed by atoms with E-state index in [4.69, 9.17) is 10.5 Å². The average molecular weight is 295 g/mol. The number of nitrogens with two attached hydrogens (primary N) is 1. The lowest BCUT2D eigenvalue weighted by Gasteiger charge is -2.17. The fourth-order valence-corrected chi connectivity index (χ4v) is 2.68. The fraction of sp³-hybridized carbons (Fsp3) is 0.278. The van der Waals surface area contributed by atoms with Crippen molar-refractivity contribution in [2.75, 3.05) is 6.61 Å². The van der Waals surface area contributed by atoms with Crippen molar-refractivity contribution in [1.29, 1.82) is 0 Å². The Kier molecular flexibility index (Phi) is 4.11. The Labute approximate surface area is 130 Å². The quantitative estimate of drug-likeness (QED) is 0.787. The second kappa shape index (κ2) is 6.20. The van der Waals surface area contributed by atoms with E-state index in [1.54, 1.807) is 0 Å².